The van der Waals surface area contributed by atoms with Crippen molar-refractivity contribution in [3.8, 4) is 11.4 Å². The molecule has 0 radical (unpaired) electrons. The van der Waals surface area contributed by atoms with Crippen LogP contribution in [0.15, 0.2) is 71.3 Å². The first kappa shape index (κ1) is 19.5. The molecule has 0 aliphatic heterocycles. The smallest absolute Gasteiger partial charge is 0.246 e. The topological polar surface area (TPSA) is 59.2 Å². The van der Waals surface area contributed by atoms with Crippen LogP contribution < -0.4 is 0 Å². The van der Waals surface area contributed by atoms with Crippen LogP contribution in [0, 0.1) is 0 Å². The Hall–Kier alpha value is -3.21. The molecular formula is C23H25N3O2. The van der Waals surface area contributed by atoms with Gasteiger partial charge in [0.15, 0.2) is 0 Å². The van der Waals surface area contributed by atoms with Gasteiger partial charge in [-0.1, -0.05) is 72.7 Å². The number of carbonyl (C=O) groups is 1. The first-order valence-electron chi connectivity index (χ1n) is 9.59. The number of hydrogen-bond acceptors (Lipinski definition) is 4. The predicted molar refractivity (Wildman–Crippen MR) is 110 cm³/mol. The number of amides is 1. The predicted octanol–water partition coefficient (Wildman–Crippen LogP) is 4.62. The van der Waals surface area contributed by atoms with Crippen molar-refractivity contribution in [1.82, 2.24) is 15.0 Å². The molecule has 0 fully saturated rings. The summed E-state index contributed by atoms with van der Waals surface area (Å²) in [6.07, 6.45) is 4.88. The standard InChI is InChI=1S/C23H25N3O2/c1-3-18(2)26(22(27)15-14-19-10-6-4-7-11-19)17-16-21-24-23(25-28-21)20-12-8-5-9-13-20/h4-15,18H,3,16-17H2,1-2H3/b15-14+/t18-/m1/s1. The van der Waals surface area contributed by atoms with Gasteiger partial charge in [0.05, 0.1) is 0 Å². The molecule has 1 aromatic heterocycles. The minimum atomic E-state index is -0.0130. The Morgan fingerprint density at radius 3 is 2.46 bits per heavy atom. The quantitative estimate of drug-likeness (QED) is 0.539. The van der Waals surface area contributed by atoms with Gasteiger partial charge in [-0.05, 0) is 25.0 Å². The molecule has 0 unspecified atom stereocenters. The summed E-state index contributed by atoms with van der Waals surface area (Å²) in [7, 11) is 0. The lowest BCUT2D eigenvalue weighted by Crippen LogP contribution is -2.38. The number of hydrogen-bond donors (Lipinski definition) is 0. The monoisotopic (exact) mass is 375 g/mol. The van der Waals surface area contributed by atoms with Gasteiger partial charge in [-0.15, -0.1) is 0 Å². The summed E-state index contributed by atoms with van der Waals surface area (Å²) in [5.41, 5.74) is 1.92. The molecule has 28 heavy (non-hydrogen) atoms. The van der Waals surface area contributed by atoms with Crippen LogP contribution in [0.5, 0.6) is 0 Å². The second-order valence-corrected chi connectivity index (χ2v) is 6.66. The maximum atomic E-state index is 12.7. The fourth-order valence-electron chi connectivity index (χ4n) is 2.87. The Morgan fingerprint density at radius 2 is 1.79 bits per heavy atom. The van der Waals surface area contributed by atoms with Crippen molar-refractivity contribution in [1.29, 1.82) is 0 Å². The Kier molecular flexibility index (Phi) is 6.73. The van der Waals surface area contributed by atoms with Crippen LogP contribution in [0.3, 0.4) is 0 Å². The van der Waals surface area contributed by atoms with Gasteiger partial charge in [0, 0.05) is 30.6 Å². The van der Waals surface area contributed by atoms with E-state index in [1.54, 1.807) is 6.08 Å². The molecule has 0 aliphatic carbocycles. The molecule has 2 aromatic carbocycles. The van der Waals surface area contributed by atoms with Crippen molar-refractivity contribution >= 4 is 12.0 Å². The Labute approximate surface area is 165 Å². The number of carbonyl (C=O) groups excluding carboxylic acids is 1. The second-order valence-electron chi connectivity index (χ2n) is 6.66. The van der Waals surface area contributed by atoms with E-state index >= 15 is 0 Å². The maximum Gasteiger partial charge on any atom is 0.246 e. The van der Waals surface area contributed by atoms with Gasteiger partial charge >= 0.3 is 0 Å². The molecule has 0 N–H and O–H groups in total. The molecule has 0 spiro atoms. The SMILES string of the molecule is CC[C@@H](C)N(CCc1nc(-c2ccccc2)no1)C(=O)/C=C/c1ccccc1. The van der Waals surface area contributed by atoms with E-state index in [0.29, 0.717) is 24.7 Å². The zero-order valence-electron chi connectivity index (χ0n) is 16.3. The van der Waals surface area contributed by atoms with Gasteiger partial charge in [0.2, 0.25) is 17.6 Å². The van der Waals surface area contributed by atoms with Gasteiger partial charge in [-0.2, -0.15) is 4.98 Å². The summed E-state index contributed by atoms with van der Waals surface area (Å²) in [5, 5.41) is 4.05. The molecule has 0 saturated heterocycles. The molecule has 3 aromatic rings. The highest BCUT2D eigenvalue weighted by Gasteiger charge is 2.18. The van der Waals surface area contributed by atoms with Crippen LogP contribution in [-0.4, -0.2) is 33.5 Å². The van der Waals surface area contributed by atoms with E-state index in [-0.39, 0.29) is 11.9 Å². The fraction of sp³-hybridized carbons (Fsp3) is 0.261. The molecule has 0 saturated carbocycles. The third-order valence-electron chi connectivity index (χ3n) is 4.69. The van der Waals surface area contributed by atoms with Gasteiger partial charge in [-0.25, -0.2) is 0 Å². The fourth-order valence-corrected chi connectivity index (χ4v) is 2.87. The van der Waals surface area contributed by atoms with Crippen LogP contribution in [-0.2, 0) is 11.2 Å². The minimum Gasteiger partial charge on any atom is -0.339 e. The highest BCUT2D eigenvalue weighted by atomic mass is 16.5. The van der Waals surface area contributed by atoms with Crippen LogP contribution >= 0.6 is 0 Å². The summed E-state index contributed by atoms with van der Waals surface area (Å²) >= 11 is 0. The first-order valence-corrected chi connectivity index (χ1v) is 9.59. The molecular weight excluding hydrogens is 350 g/mol. The molecule has 0 bridgehead atoms. The normalized spacial score (nSPS) is 12.2. The van der Waals surface area contributed by atoms with E-state index in [9.17, 15) is 4.79 Å². The average molecular weight is 375 g/mol. The van der Waals surface area contributed by atoms with Crippen molar-refractivity contribution < 1.29 is 9.32 Å². The zero-order valence-corrected chi connectivity index (χ0v) is 16.3. The lowest BCUT2D eigenvalue weighted by molar-refractivity contribution is -0.128. The van der Waals surface area contributed by atoms with Crippen LogP contribution in [0.4, 0.5) is 0 Å². The van der Waals surface area contributed by atoms with Gasteiger partial charge in [-0.3, -0.25) is 4.79 Å². The van der Waals surface area contributed by atoms with Gasteiger partial charge < -0.3 is 9.42 Å². The molecule has 3 rings (SSSR count). The lowest BCUT2D eigenvalue weighted by atomic mass is 10.1. The summed E-state index contributed by atoms with van der Waals surface area (Å²) in [5.74, 6) is 1.09. The largest absolute Gasteiger partial charge is 0.339 e. The average Bonchev–Trinajstić information content (AvgIpc) is 3.22. The van der Waals surface area contributed by atoms with Crippen molar-refractivity contribution in [2.24, 2.45) is 0 Å². The highest BCUT2D eigenvalue weighted by Crippen LogP contribution is 2.16. The summed E-state index contributed by atoms with van der Waals surface area (Å²) in [4.78, 5) is 19.0. The highest BCUT2D eigenvalue weighted by molar-refractivity contribution is 5.92. The molecule has 1 atom stereocenters. The number of benzene rings is 2. The maximum absolute atomic E-state index is 12.7. The van der Waals surface area contributed by atoms with Gasteiger partial charge in [0.1, 0.15) is 0 Å². The van der Waals surface area contributed by atoms with Crippen LogP contribution in [0.25, 0.3) is 17.5 Å². The molecule has 1 heterocycles. The van der Waals surface area contributed by atoms with E-state index in [1.165, 1.54) is 0 Å². The third kappa shape index (κ3) is 5.16. The van der Waals surface area contributed by atoms with E-state index < -0.39 is 0 Å². The zero-order chi connectivity index (χ0) is 19.8. The summed E-state index contributed by atoms with van der Waals surface area (Å²) in [6, 6.07) is 19.7. The summed E-state index contributed by atoms with van der Waals surface area (Å²) < 4.78 is 5.37. The third-order valence-corrected chi connectivity index (χ3v) is 4.69. The summed E-state index contributed by atoms with van der Waals surface area (Å²) in [6.45, 7) is 4.66. The van der Waals surface area contributed by atoms with E-state index in [1.807, 2.05) is 71.6 Å². The Balaban J connectivity index is 1.65. The molecule has 144 valence electrons. The Bertz CT molecular complexity index is 904. The first-order chi connectivity index (χ1) is 13.7. The van der Waals surface area contributed by atoms with E-state index in [4.69, 9.17) is 4.52 Å². The van der Waals surface area contributed by atoms with Crippen LogP contribution in [0.2, 0.25) is 0 Å². The minimum absolute atomic E-state index is 0.0130. The van der Waals surface area contributed by atoms with Crippen molar-refractivity contribution in [2.45, 2.75) is 32.7 Å². The van der Waals surface area contributed by atoms with Gasteiger partial charge in [0.25, 0.3) is 0 Å². The number of rotatable bonds is 8. The van der Waals surface area contributed by atoms with E-state index in [2.05, 4.69) is 24.0 Å². The number of aromatic nitrogens is 2. The molecule has 1 amide bonds. The number of nitrogens with zero attached hydrogens (tertiary/aromatic N) is 3. The van der Waals surface area contributed by atoms with Crippen molar-refractivity contribution in [3.05, 3.63) is 78.2 Å². The molecule has 0 aliphatic rings. The Morgan fingerprint density at radius 1 is 1.11 bits per heavy atom. The van der Waals surface area contributed by atoms with E-state index in [0.717, 1.165) is 17.5 Å². The van der Waals surface area contributed by atoms with Crippen LogP contribution in [0.1, 0.15) is 31.7 Å². The molecule has 5 heteroatoms. The van der Waals surface area contributed by atoms with Crippen molar-refractivity contribution in [3.63, 3.8) is 0 Å². The molecule has 5 nitrogen and oxygen atoms in total. The second kappa shape index (κ2) is 9.65. The van der Waals surface area contributed by atoms with Crippen molar-refractivity contribution in [2.75, 3.05) is 6.54 Å². The lowest BCUT2D eigenvalue weighted by Gasteiger charge is -2.27.